The van der Waals surface area contributed by atoms with E-state index < -0.39 is 0 Å². The van der Waals surface area contributed by atoms with E-state index in [-0.39, 0.29) is 5.91 Å². The second-order valence-electron chi connectivity index (χ2n) is 7.15. The molecule has 27 heavy (non-hydrogen) atoms. The lowest BCUT2D eigenvalue weighted by Crippen LogP contribution is -2.35. The van der Waals surface area contributed by atoms with Crippen molar-refractivity contribution in [3.05, 3.63) is 41.5 Å². The maximum atomic E-state index is 12.7. The van der Waals surface area contributed by atoms with Gasteiger partial charge < -0.3 is 14.4 Å². The highest BCUT2D eigenvalue weighted by atomic mass is 16.5. The number of fused-ring (bicyclic) bond motifs is 1. The lowest BCUT2D eigenvalue weighted by Gasteiger charge is -2.20. The fraction of sp³-hybridized carbons (Fsp3) is 0.550. The average molecular weight is 370 g/mol. The van der Waals surface area contributed by atoms with E-state index in [0.29, 0.717) is 32.0 Å². The molecule has 2 aliphatic heterocycles. The summed E-state index contributed by atoms with van der Waals surface area (Å²) in [6.07, 6.45) is 3.16. The zero-order valence-electron chi connectivity index (χ0n) is 15.8. The van der Waals surface area contributed by atoms with Crippen LogP contribution in [0.4, 0.5) is 0 Å². The molecule has 1 amide bonds. The summed E-state index contributed by atoms with van der Waals surface area (Å²) in [5.74, 6) is 3.31. The van der Waals surface area contributed by atoms with Gasteiger partial charge in [-0.25, -0.2) is 9.67 Å². The van der Waals surface area contributed by atoms with Crippen molar-refractivity contribution >= 4 is 5.91 Å². The fourth-order valence-corrected chi connectivity index (χ4v) is 3.73. The van der Waals surface area contributed by atoms with Gasteiger partial charge in [-0.3, -0.25) is 4.79 Å². The van der Waals surface area contributed by atoms with Crippen molar-refractivity contribution in [3.8, 4) is 5.75 Å². The molecule has 0 bridgehead atoms. The zero-order chi connectivity index (χ0) is 18.6. The summed E-state index contributed by atoms with van der Waals surface area (Å²) in [7, 11) is 1.64. The van der Waals surface area contributed by atoms with Crippen molar-refractivity contribution in [3.63, 3.8) is 0 Å². The first-order chi connectivity index (χ1) is 13.2. The number of rotatable bonds is 4. The van der Waals surface area contributed by atoms with Crippen molar-refractivity contribution in [1.82, 2.24) is 19.7 Å². The third-order valence-electron chi connectivity index (χ3n) is 5.41. The van der Waals surface area contributed by atoms with Crippen LogP contribution in [0, 0.1) is 0 Å². The van der Waals surface area contributed by atoms with Crippen LogP contribution in [0.5, 0.6) is 5.75 Å². The maximum absolute atomic E-state index is 12.7. The van der Waals surface area contributed by atoms with E-state index in [1.165, 1.54) is 0 Å². The molecule has 1 aromatic heterocycles. The molecule has 1 fully saturated rings. The molecule has 3 heterocycles. The number of hydrogen-bond acceptors (Lipinski definition) is 5. The van der Waals surface area contributed by atoms with Crippen molar-refractivity contribution < 1.29 is 14.3 Å². The first-order valence-electron chi connectivity index (χ1n) is 9.65. The van der Waals surface area contributed by atoms with Gasteiger partial charge in [-0.05, 0) is 30.5 Å². The topological polar surface area (TPSA) is 69.5 Å². The maximum Gasteiger partial charge on any atom is 0.227 e. The number of benzene rings is 1. The number of aromatic nitrogens is 3. The van der Waals surface area contributed by atoms with Crippen molar-refractivity contribution in [2.24, 2.45) is 0 Å². The van der Waals surface area contributed by atoms with Gasteiger partial charge >= 0.3 is 0 Å². The number of carbonyl (C=O) groups is 1. The molecule has 0 aliphatic carbocycles. The Hall–Kier alpha value is -2.41. The second-order valence-corrected chi connectivity index (χ2v) is 7.15. The van der Waals surface area contributed by atoms with Crippen LogP contribution in [0.15, 0.2) is 24.3 Å². The predicted octanol–water partition coefficient (Wildman–Crippen LogP) is 1.81. The summed E-state index contributed by atoms with van der Waals surface area (Å²) in [5.41, 5.74) is 1.00. The van der Waals surface area contributed by atoms with Crippen LogP contribution in [-0.4, -0.2) is 59.0 Å². The van der Waals surface area contributed by atoms with Gasteiger partial charge in [0.2, 0.25) is 5.91 Å². The molecule has 2 aromatic rings. The number of carbonyl (C=O) groups excluding carboxylic acids is 1. The predicted molar refractivity (Wildman–Crippen MR) is 99.8 cm³/mol. The number of amides is 1. The van der Waals surface area contributed by atoms with Crippen LogP contribution in [0.2, 0.25) is 0 Å². The molecule has 0 N–H and O–H groups in total. The highest BCUT2D eigenvalue weighted by Crippen LogP contribution is 2.25. The summed E-state index contributed by atoms with van der Waals surface area (Å²) in [6.45, 7) is 3.67. The zero-order valence-corrected chi connectivity index (χ0v) is 15.8. The molecule has 0 unspecified atom stereocenters. The van der Waals surface area contributed by atoms with Crippen molar-refractivity contribution in [2.75, 3.05) is 33.4 Å². The van der Waals surface area contributed by atoms with Crippen LogP contribution in [0.25, 0.3) is 0 Å². The molecular formula is C20H26N4O3. The molecule has 4 rings (SSSR count). The molecule has 2 aliphatic rings. The molecule has 7 heteroatoms. The lowest BCUT2D eigenvalue weighted by molar-refractivity contribution is -0.130. The Kier molecular flexibility index (Phi) is 5.38. The van der Waals surface area contributed by atoms with E-state index in [4.69, 9.17) is 19.6 Å². The molecule has 144 valence electrons. The fourth-order valence-electron chi connectivity index (χ4n) is 3.73. The van der Waals surface area contributed by atoms with Crippen molar-refractivity contribution in [2.45, 2.75) is 38.1 Å². The van der Waals surface area contributed by atoms with Gasteiger partial charge in [0.25, 0.3) is 0 Å². The number of methoxy groups -OCH3 is 1. The SMILES string of the molecule is COc1ccc(CC(=O)N2CCc3nc(C4CCOCC4)nn3CC2)cc1. The Labute approximate surface area is 159 Å². The van der Waals surface area contributed by atoms with E-state index >= 15 is 0 Å². The van der Waals surface area contributed by atoms with Crippen LogP contribution in [0.3, 0.4) is 0 Å². The Morgan fingerprint density at radius 2 is 1.96 bits per heavy atom. The first kappa shape index (κ1) is 18.0. The molecule has 1 saturated heterocycles. The Bertz CT molecular complexity index is 756. The average Bonchev–Trinajstić information content (AvgIpc) is 3.02. The van der Waals surface area contributed by atoms with E-state index in [9.17, 15) is 4.79 Å². The highest BCUT2D eigenvalue weighted by Gasteiger charge is 2.25. The molecule has 0 radical (unpaired) electrons. The Morgan fingerprint density at radius 3 is 2.70 bits per heavy atom. The standard InChI is InChI=1S/C20H26N4O3/c1-26-17-4-2-15(3-5-17)14-19(25)23-9-6-18-21-20(22-24(18)11-10-23)16-7-12-27-13-8-16/h2-5,16H,6-14H2,1H3. The van der Waals surface area contributed by atoms with E-state index in [0.717, 1.165) is 55.4 Å². The normalized spacial score (nSPS) is 18.0. The summed E-state index contributed by atoms with van der Waals surface area (Å²) >= 11 is 0. The third kappa shape index (κ3) is 4.13. The largest absolute Gasteiger partial charge is 0.497 e. The van der Waals surface area contributed by atoms with Crippen LogP contribution < -0.4 is 4.74 Å². The van der Waals surface area contributed by atoms with Gasteiger partial charge in [0, 0.05) is 38.6 Å². The van der Waals surface area contributed by atoms with Crippen LogP contribution in [-0.2, 0) is 28.9 Å². The lowest BCUT2D eigenvalue weighted by atomic mass is 10.00. The molecular weight excluding hydrogens is 344 g/mol. The quantitative estimate of drug-likeness (QED) is 0.821. The van der Waals surface area contributed by atoms with E-state index in [1.54, 1.807) is 7.11 Å². The number of nitrogens with zero attached hydrogens (tertiary/aromatic N) is 4. The van der Waals surface area contributed by atoms with Gasteiger partial charge in [-0.1, -0.05) is 12.1 Å². The van der Waals surface area contributed by atoms with Crippen LogP contribution >= 0.6 is 0 Å². The first-order valence-corrected chi connectivity index (χ1v) is 9.65. The van der Waals surface area contributed by atoms with Crippen LogP contribution in [0.1, 0.15) is 36.0 Å². The molecule has 1 aromatic carbocycles. The Morgan fingerprint density at radius 1 is 1.19 bits per heavy atom. The molecule has 7 nitrogen and oxygen atoms in total. The Balaban J connectivity index is 1.36. The van der Waals surface area contributed by atoms with Crippen molar-refractivity contribution in [1.29, 1.82) is 0 Å². The third-order valence-corrected chi connectivity index (χ3v) is 5.41. The van der Waals surface area contributed by atoms with Gasteiger partial charge in [-0.2, -0.15) is 5.10 Å². The molecule has 0 spiro atoms. The minimum absolute atomic E-state index is 0.149. The second kappa shape index (κ2) is 8.08. The van der Waals surface area contributed by atoms with Gasteiger partial charge in [0.1, 0.15) is 11.6 Å². The van der Waals surface area contributed by atoms with Gasteiger partial charge in [0.15, 0.2) is 5.82 Å². The molecule has 0 saturated carbocycles. The molecule has 0 atom stereocenters. The summed E-state index contributed by atoms with van der Waals surface area (Å²) in [4.78, 5) is 19.4. The summed E-state index contributed by atoms with van der Waals surface area (Å²) < 4.78 is 12.6. The smallest absolute Gasteiger partial charge is 0.227 e. The number of hydrogen-bond donors (Lipinski definition) is 0. The van der Waals surface area contributed by atoms with E-state index in [1.807, 2.05) is 33.8 Å². The highest BCUT2D eigenvalue weighted by molar-refractivity contribution is 5.78. The minimum atomic E-state index is 0.149. The van der Waals surface area contributed by atoms with Gasteiger partial charge in [0.05, 0.1) is 20.1 Å². The minimum Gasteiger partial charge on any atom is -0.497 e. The van der Waals surface area contributed by atoms with E-state index in [2.05, 4.69) is 0 Å². The summed E-state index contributed by atoms with van der Waals surface area (Å²) in [5, 5.41) is 4.73. The number of ether oxygens (including phenoxy) is 2. The van der Waals surface area contributed by atoms with Gasteiger partial charge in [-0.15, -0.1) is 0 Å². The summed E-state index contributed by atoms with van der Waals surface area (Å²) in [6, 6.07) is 7.67. The monoisotopic (exact) mass is 370 g/mol.